The highest BCUT2D eigenvalue weighted by atomic mass is 16.3. The number of aliphatic hydroxyl groups is 6. The van der Waals surface area contributed by atoms with E-state index in [0.717, 1.165) is 306 Å². The summed E-state index contributed by atoms with van der Waals surface area (Å²) in [5, 5.41) is 62.2. The highest BCUT2D eigenvalue weighted by molar-refractivity contribution is 5.84. The number of carbonyl (C=O) groups excluding carboxylic acids is 2. The predicted molar refractivity (Wildman–Crippen MR) is 502 cm³/mol. The highest BCUT2D eigenvalue weighted by Gasteiger charge is 2.64. The molecule has 4 aliphatic heterocycles. The Balaban J connectivity index is 0.000000117. The first-order chi connectivity index (χ1) is 58.9. The van der Waals surface area contributed by atoms with Crippen LogP contribution in [0, 0.1) is 164 Å². The van der Waals surface area contributed by atoms with Crippen LogP contribution in [0.3, 0.4) is 0 Å². The van der Waals surface area contributed by atoms with E-state index in [4.69, 9.17) is 0 Å². The summed E-state index contributed by atoms with van der Waals surface area (Å²) in [6, 6.07) is 0. The van der Waals surface area contributed by atoms with Gasteiger partial charge in [0.1, 0.15) is 5.78 Å². The van der Waals surface area contributed by atoms with Crippen molar-refractivity contribution in [3.05, 3.63) is 48.7 Å². The van der Waals surface area contributed by atoms with E-state index >= 15 is 0 Å². The van der Waals surface area contributed by atoms with Gasteiger partial charge >= 0.3 is 0 Å². The fraction of sp³-hybridized carbons (Fsp3) is 0.909. The standard InChI is InChI=1S/2C28H46N2O2.2C27H45NO2/c1-19(18-29-13-15-30(16-14-29)20(2)31)25-7-8-26-24-6-5-21-17-27(3,32)11-9-22(21)23(24)10-12-28(25,26)4;1-19(2)30-15-13-29(14-16-30)18-26(31)25-8-7-24-23-6-5-20-17-27(3,32)11-9-21(20)22(23)10-12-28(24,25)4;2*1-18(17-28-14-10-20(29)11-15-28)24-6-7-25-23-5-4-19-16-26(2,30)12-8-21(19)22(23)9-13-27(24,25)3/h21-26,32H,1,5-18H2,2-4H3;20-25,32H,1,5-18H2,2-4H3;2*19-25,29-30H,1,4-17H2,2-3H3/t21-,22+,23-,24-,25-,26+,27-,28-;20-,21-,22+,23+,24-,25+,27+,28-;19-,21+,22-,23-,24-,25+,26-,27-;19-,21-,22+,23+,24+,25-,26+,27+/m1010/s1. The van der Waals surface area contributed by atoms with Gasteiger partial charge < -0.3 is 40.4 Å². The van der Waals surface area contributed by atoms with Crippen LogP contribution in [0.2, 0.25) is 0 Å². The van der Waals surface area contributed by atoms with Gasteiger partial charge in [-0.15, -0.1) is 0 Å². The lowest BCUT2D eigenvalue weighted by atomic mass is 9.49. The number of hydrogen-bond donors (Lipinski definition) is 6. The molecule has 20 fully saturated rings. The minimum absolute atomic E-state index is 0.0863. The molecule has 14 heteroatoms. The van der Waals surface area contributed by atoms with Gasteiger partial charge in [0.25, 0.3) is 0 Å². The van der Waals surface area contributed by atoms with E-state index in [-0.39, 0.29) is 29.4 Å². The third-order valence-corrected chi connectivity index (χ3v) is 43.3. The number of nitrogens with zero attached hydrogens (tertiary/aromatic N) is 6. The van der Waals surface area contributed by atoms with Crippen molar-refractivity contribution in [3.8, 4) is 0 Å². The van der Waals surface area contributed by atoms with Crippen molar-refractivity contribution in [1.29, 1.82) is 0 Å². The fourth-order valence-electron chi connectivity index (χ4n) is 37.1. The summed E-state index contributed by atoms with van der Waals surface area (Å²) in [6.07, 6.45) is 49.3. The van der Waals surface area contributed by atoms with Gasteiger partial charge in [0, 0.05) is 117 Å². The van der Waals surface area contributed by atoms with Crippen molar-refractivity contribution in [2.75, 3.05) is 105 Å². The molecule has 0 aromatic rings. The first-order valence-electron chi connectivity index (χ1n) is 53.3. The summed E-state index contributed by atoms with van der Waals surface area (Å²) >= 11 is 0. The van der Waals surface area contributed by atoms with Crippen molar-refractivity contribution in [1.82, 2.24) is 29.4 Å². The third-order valence-electron chi connectivity index (χ3n) is 43.3. The van der Waals surface area contributed by atoms with E-state index in [9.17, 15) is 40.2 Å². The van der Waals surface area contributed by atoms with Crippen LogP contribution in [0.1, 0.15) is 326 Å². The second kappa shape index (κ2) is 37.1. The van der Waals surface area contributed by atoms with E-state index in [1.165, 1.54) is 190 Å². The number of likely N-dealkylation sites (tertiary alicyclic amines) is 2. The van der Waals surface area contributed by atoms with Crippen molar-refractivity contribution < 1.29 is 40.2 Å². The molecule has 4 heterocycles. The molecule has 124 heavy (non-hydrogen) atoms. The van der Waals surface area contributed by atoms with Gasteiger partial charge in [-0.1, -0.05) is 70.7 Å². The highest BCUT2D eigenvalue weighted by Crippen LogP contribution is 2.71. The molecule has 0 unspecified atom stereocenters. The van der Waals surface area contributed by atoms with E-state index < -0.39 is 22.4 Å². The molecule has 14 nitrogen and oxygen atoms in total. The second-order valence-electron chi connectivity index (χ2n) is 50.6. The van der Waals surface area contributed by atoms with Crippen molar-refractivity contribution >= 4 is 11.7 Å². The molecule has 16 saturated carbocycles. The molecular weight excluding hydrogens is 1530 g/mol. The minimum Gasteiger partial charge on any atom is -0.393 e. The average Bonchev–Trinajstić information content (AvgIpc) is 1.54. The minimum atomic E-state index is -0.433. The number of piperazine rings is 2. The molecule has 0 spiro atoms. The van der Waals surface area contributed by atoms with Crippen LogP contribution < -0.4 is 0 Å². The maximum Gasteiger partial charge on any atom is 0.219 e. The number of fused-ring (bicyclic) bond motifs is 20. The number of piperidine rings is 2. The average molecular weight is 1720 g/mol. The molecular formula is C110H182N6O8. The Morgan fingerprint density at radius 1 is 0.274 bits per heavy atom. The van der Waals surface area contributed by atoms with Crippen LogP contribution in [-0.2, 0) is 9.59 Å². The molecule has 32 atom stereocenters. The summed E-state index contributed by atoms with van der Waals surface area (Å²) in [6.45, 7) is 56.0. The Bertz CT molecular complexity index is 3490. The summed E-state index contributed by atoms with van der Waals surface area (Å²) in [4.78, 5) is 39.5. The lowest BCUT2D eigenvalue weighted by Gasteiger charge is -2.57. The molecule has 20 rings (SSSR count). The van der Waals surface area contributed by atoms with Gasteiger partial charge in [0.2, 0.25) is 5.91 Å². The van der Waals surface area contributed by atoms with Crippen LogP contribution in [0.4, 0.5) is 0 Å². The number of allylic oxidation sites excluding steroid dienone is 1. The van der Waals surface area contributed by atoms with Crippen LogP contribution in [0.25, 0.3) is 0 Å². The lowest BCUT2D eigenvalue weighted by Crippen LogP contribution is -2.52. The number of carbonyl (C=O) groups is 2. The van der Waals surface area contributed by atoms with Crippen molar-refractivity contribution in [2.45, 2.75) is 361 Å². The van der Waals surface area contributed by atoms with Crippen LogP contribution in [0.5, 0.6) is 0 Å². The first kappa shape index (κ1) is 93.3. The smallest absolute Gasteiger partial charge is 0.219 e. The molecule has 1 amide bonds. The number of hydrogen-bond acceptors (Lipinski definition) is 13. The molecule has 0 bridgehead atoms. The van der Waals surface area contributed by atoms with Crippen molar-refractivity contribution in [3.63, 3.8) is 0 Å². The molecule has 16 aliphatic carbocycles. The first-order valence-corrected chi connectivity index (χ1v) is 53.3. The Kier molecular flexibility index (Phi) is 27.9. The van der Waals surface area contributed by atoms with E-state index in [1.54, 1.807) is 6.92 Å². The molecule has 6 N–H and O–H groups in total. The van der Waals surface area contributed by atoms with Crippen LogP contribution in [-0.4, -0.2) is 211 Å². The van der Waals surface area contributed by atoms with Gasteiger partial charge in [-0.05, 0) is 449 Å². The fourth-order valence-corrected chi connectivity index (χ4v) is 37.1. The zero-order valence-electron chi connectivity index (χ0n) is 80.6. The van der Waals surface area contributed by atoms with Crippen molar-refractivity contribution in [2.24, 2.45) is 164 Å². The van der Waals surface area contributed by atoms with Gasteiger partial charge in [0.05, 0.1) is 41.2 Å². The zero-order chi connectivity index (χ0) is 87.5. The third kappa shape index (κ3) is 19.0. The molecule has 0 radical (unpaired) electrons. The van der Waals surface area contributed by atoms with Gasteiger partial charge in [-0.25, -0.2) is 0 Å². The second-order valence-corrected chi connectivity index (χ2v) is 50.6. The molecule has 4 saturated heterocycles. The Morgan fingerprint density at radius 2 is 0.524 bits per heavy atom. The molecule has 20 aliphatic rings. The maximum atomic E-state index is 13.5. The summed E-state index contributed by atoms with van der Waals surface area (Å²) in [5.74, 6) is 20.2. The normalized spacial score (nSPS) is 48.3. The largest absolute Gasteiger partial charge is 0.393 e. The van der Waals surface area contributed by atoms with Crippen LogP contribution >= 0.6 is 0 Å². The van der Waals surface area contributed by atoms with Gasteiger partial charge in [-0.3, -0.25) is 29.2 Å². The number of rotatable bonds is 13. The van der Waals surface area contributed by atoms with Gasteiger partial charge in [-0.2, -0.15) is 0 Å². The van der Waals surface area contributed by atoms with E-state index in [1.807, 2.05) is 4.90 Å². The summed E-state index contributed by atoms with van der Waals surface area (Å²) < 4.78 is 0. The number of amides is 1. The topological polar surface area (TPSA) is 175 Å². The van der Waals surface area contributed by atoms with E-state index in [0.29, 0.717) is 46.3 Å². The Labute approximate surface area is 754 Å². The Hall–Kier alpha value is -2.50. The predicted octanol–water partition coefficient (Wildman–Crippen LogP) is 19.5. The number of ketones is 1. The Morgan fingerprint density at radius 3 is 0.806 bits per heavy atom. The quantitative estimate of drug-likeness (QED) is 0.0962. The summed E-state index contributed by atoms with van der Waals surface area (Å²) in [5.41, 5.74) is 5.51. The summed E-state index contributed by atoms with van der Waals surface area (Å²) in [7, 11) is 0. The van der Waals surface area contributed by atoms with Gasteiger partial charge in [0.15, 0.2) is 0 Å². The number of aliphatic hydroxyl groups excluding tert-OH is 2. The van der Waals surface area contributed by atoms with Crippen LogP contribution in [0.15, 0.2) is 48.7 Å². The SMILES string of the molecule is C=C(C)N1CCN(CC(=O)[C@H]2CC[C@H]3[C@@H]4CC[C@H]5C[C@](C)(O)CC[C@@H]5[C@H]4CC[C@]23C)CC1.C=C(CN1CCC(O)CC1)[C@H]1CC[C@H]2[C@@H]3CC[C@@H]4C[C@](C)(O)CC[C@@H]4[C@H]3CC[C@]12C.C=C(CN1CCC(O)CC1)[C@H]1CC[C@H]2[C@@H]3CC[C@H]4C[C@](C)(O)CC[C@@H]4[C@H]3CC[C@]12C.C=C(CN1CCN(C(C)=O)CC1)[C@H]1CC[C@H]2[C@@H]3CC[C@@H]4C[C@](C)(O)CC[C@@H]4[C@H]3CC[C@]12C. The monoisotopic (exact) mass is 1720 g/mol. The van der Waals surface area contributed by atoms with E-state index in [2.05, 4.69) is 113 Å². The maximum absolute atomic E-state index is 13.5. The molecule has 700 valence electrons. The lowest BCUT2D eigenvalue weighted by molar-refractivity contribution is -0.133. The number of Topliss-reactive ketones (excluding diaryl/α,β-unsaturated/α-hetero) is 1. The zero-order valence-corrected chi connectivity index (χ0v) is 80.6. The molecule has 0 aromatic heterocycles. The molecule has 0 aromatic carbocycles.